The van der Waals surface area contributed by atoms with E-state index in [9.17, 15) is 4.79 Å². The number of urea groups is 1. The van der Waals surface area contributed by atoms with Gasteiger partial charge in [0, 0.05) is 28.9 Å². The Morgan fingerprint density at radius 1 is 1.00 bits per heavy atom. The molecule has 1 aliphatic rings. The number of rotatable bonds is 10. The van der Waals surface area contributed by atoms with Crippen LogP contribution in [0.3, 0.4) is 0 Å². The fraction of sp³-hybridized carbons (Fsp3) is 0.286. The summed E-state index contributed by atoms with van der Waals surface area (Å²) in [4.78, 5) is 19.5. The van der Waals surface area contributed by atoms with Crippen molar-refractivity contribution in [3.8, 4) is 17.2 Å². The van der Waals surface area contributed by atoms with Crippen molar-refractivity contribution in [3.05, 3.63) is 82.9 Å². The lowest BCUT2D eigenvalue weighted by atomic mass is 10.2. The zero-order valence-corrected chi connectivity index (χ0v) is 22.6. The molecular formula is C28H32ClN5O4. The molecule has 3 aromatic rings. The van der Waals surface area contributed by atoms with Crippen LogP contribution in [0, 0.1) is 0 Å². The Kier molecular flexibility index (Phi) is 8.93. The third kappa shape index (κ3) is 7.08. The van der Waals surface area contributed by atoms with Crippen molar-refractivity contribution in [2.45, 2.75) is 39.3 Å². The number of hydrogen-bond donors (Lipinski definition) is 3. The molecule has 0 spiro atoms. The van der Waals surface area contributed by atoms with Crippen molar-refractivity contribution in [3.63, 3.8) is 0 Å². The van der Waals surface area contributed by atoms with E-state index in [0.717, 1.165) is 22.6 Å². The highest BCUT2D eigenvalue weighted by atomic mass is 35.5. The summed E-state index contributed by atoms with van der Waals surface area (Å²) in [6.07, 6.45) is -0.590. The van der Waals surface area contributed by atoms with Crippen LogP contribution < -0.4 is 30.2 Å². The van der Waals surface area contributed by atoms with Crippen molar-refractivity contribution >= 4 is 29.3 Å². The number of nitrogens with one attached hydrogen (secondary N) is 3. The van der Waals surface area contributed by atoms with Gasteiger partial charge in [-0.1, -0.05) is 29.8 Å². The average molecular weight is 538 g/mol. The largest absolute Gasteiger partial charge is 0.497 e. The van der Waals surface area contributed by atoms with Gasteiger partial charge in [0.05, 0.1) is 26.9 Å². The summed E-state index contributed by atoms with van der Waals surface area (Å²) < 4.78 is 16.5. The molecular weight excluding hydrogens is 506 g/mol. The summed E-state index contributed by atoms with van der Waals surface area (Å²) in [5.41, 5.74) is 2.58. The first-order valence-corrected chi connectivity index (χ1v) is 12.6. The predicted octanol–water partition coefficient (Wildman–Crippen LogP) is 5.21. The minimum atomic E-state index is -0.665. The summed E-state index contributed by atoms with van der Waals surface area (Å²) in [5.74, 6) is 2.54. The number of aliphatic imine (C=N–C) groups is 1. The molecule has 0 aromatic heterocycles. The molecule has 2 amide bonds. The number of nitrogens with zero attached hydrogens (tertiary/aromatic N) is 2. The van der Waals surface area contributed by atoms with Gasteiger partial charge in [-0.05, 0) is 61.9 Å². The topological polar surface area (TPSA) is 96.5 Å². The molecule has 3 aromatic carbocycles. The first-order valence-electron chi connectivity index (χ1n) is 12.2. The van der Waals surface area contributed by atoms with Gasteiger partial charge in [-0.2, -0.15) is 0 Å². The fourth-order valence-corrected chi connectivity index (χ4v) is 3.98. The summed E-state index contributed by atoms with van der Waals surface area (Å²) in [7, 11) is 3.21. The smallest absolute Gasteiger partial charge is 0.327 e. The summed E-state index contributed by atoms with van der Waals surface area (Å²) >= 11 is 6.04. The van der Waals surface area contributed by atoms with Gasteiger partial charge in [0.15, 0.2) is 6.29 Å². The Morgan fingerprint density at radius 2 is 1.71 bits per heavy atom. The number of guanidine groups is 1. The van der Waals surface area contributed by atoms with Gasteiger partial charge >= 0.3 is 6.03 Å². The Hall–Kier alpha value is -3.95. The number of benzene rings is 3. The van der Waals surface area contributed by atoms with E-state index in [-0.39, 0.29) is 12.1 Å². The number of anilines is 1. The second kappa shape index (κ2) is 12.5. The van der Waals surface area contributed by atoms with Crippen molar-refractivity contribution < 1.29 is 19.0 Å². The van der Waals surface area contributed by atoms with Crippen LogP contribution in [0.2, 0.25) is 5.02 Å². The van der Waals surface area contributed by atoms with Crippen molar-refractivity contribution in [2.75, 3.05) is 19.5 Å². The third-order valence-corrected chi connectivity index (χ3v) is 5.98. The minimum absolute atomic E-state index is 0.0752. The number of hydrogen-bond acceptors (Lipinski definition) is 7. The van der Waals surface area contributed by atoms with Crippen molar-refractivity contribution in [1.29, 1.82) is 0 Å². The van der Waals surface area contributed by atoms with Gasteiger partial charge in [-0.25, -0.2) is 9.79 Å². The van der Waals surface area contributed by atoms with Gasteiger partial charge in [0.2, 0.25) is 5.96 Å². The van der Waals surface area contributed by atoms with Crippen LogP contribution in [0.1, 0.15) is 25.0 Å². The standard InChI is InChI=1S/C28H32ClN5O4/c1-18(2)38-23-13-10-22(11-14-23)31-27-32-26(30-16-20-7-12-24(36-3)15-25(20)37-4)33-28(35)34(27)17-19-5-8-21(29)9-6-19/h5-15,18,26,30H,16-17H2,1-4H3,(H,31,32)(H,33,35). The molecule has 1 heterocycles. The van der Waals surface area contributed by atoms with Crippen molar-refractivity contribution in [2.24, 2.45) is 4.99 Å². The van der Waals surface area contributed by atoms with E-state index in [0.29, 0.717) is 35.6 Å². The van der Waals surface area contributed by atoms with E-state index >= 15 is 0 Å². The number of ether oxygens (including phenoxy) is 3. The van der Waals surface area contributed by atoms with E-state index in [1.165, 1.54) is 0 Å². The second-order valence-corrected chi connectivity index (χ2v) is 9.33. The molecule has 38 heavy (non-hydrogen) atoms. The highest BCUT2D eigenvalue weighted by Crippen LogP contribution is 2.25. The van der Waals surface area contributed by atoms with Crippen LogP contribution in [-0.2, 0) is 13.1 Å². The zero-order chi connectivity index (χ0) is 27.1. The molecule has 0 saturated heterocycles. The molecule has 1 aliphatic heterocycles. The van der Waals surface area contributed by atoms with E-state index in [2.05, 4.69) is 16.0 Å². The second-order valence-electron chi connectivity index (χ2n) is 8.89. The number of carbonyl (C=O) groups excluding carboxylic acids is 1. The molecule has 9 nitrogen and oxygen atoms in total. The highest BCUT2D eigenvalue weighted by Gasteiger charge is 2.28. The summed E-state index contributed by atoms with van der Waals surface area (Å²) in [5, 5.41) is 10.1. The van der Waals surface area contributed by atoms with Gasteiger partial charge in [-0.15, -0.1) is 0 Å². The number of methoxy groups -OCH3 is 2. The predicted molar refractivity (Wildman–Crippen MR) is 149 cm³/mol. The number of halogens is 1. The quantitative estimate of drug-likeness (QED) is 0.328. The Balaban J connectivity index is 1.55. The molecule has 1 atom stereocenters. The van der Waals surface area contributed by atoms with E-state index in [1.54, 1.807) is 31.3 Å². The van der Waals surface area contributed by atoms with Gasteiger partial charge in [0.1, 0.15) is 17.2 Å². The van der Waals surface area contributed by atoms with Crippen LogP contribution >= 0.6 is 11.6 Å². The maximum absolute atomic E-state index is 13.2. The van der Waals surface area contributed by atoms with Gasteiger partial charge in [-0.3, -0.25) is 10.2 Å². The van der Waals surface area contributed by atoms with Crippen molar-refractivity contribution in [1.82, 2.24) is 15.5 Å². The molecule has 0 radical (unpaired) electrons. The lowest BCUT2D eigenvalue weighted by Gasteiger charge is -2.32. The molecule has 1 unspecified atom stereocenters. The molecule has 0 bridgehead atoms. The summed E-state index contributed by atoms with van der Waals surface area (Å²) in [6, 6.07) is 20.2. The SMILES string of the molecule is COc1ccc(CNC2N=C(Nc3ccc(OC(C)C)cc3)N(Cc3ccc(Cl)cc3)C(=O)N2)c(OC)c1. The Labute approximate surface area is 227 Å². The zero-order valence-electron chi connectivity index (χ0n) is 21.8. The monoisotopic (exact) mass is 537 g/mol. The Morgan fingerprint density at radius 3 is 2.37 bits per heavy atom. The molecule has 0 fully saturated rings. The van der Waals surface area contributed by atoms with Crippen LogP contribution in [-0.4, -0.2) is 43.5 Å². The highest BCUT2D eigenvalue weighted by molar-refractivity contribution is 6.30. The normalized spacial score (nSPS) is 15.1. The van der Waals surface area contributed by atoms with Crippen LogP contribution in [0.4, 0.5) is 10.5 Å². The molecule has 10 heteroatoms. The molecule has 200 valence electrons. The number of amides is 2. The van der Waals surface area contributed by atoms with E-state index < -0.39 is 6.29 Å². The first-order chi connectivity index (χ1) is 18.3. The molecule has 4 rings (SSSR count). The van der Waals surface area contributed by atoms with Crippen LogP contribution in [0.5, 0.6) is 17.2 Å². The lowest BCUT2D eigenvalue weighted by Crippen LogP contribution is -2.57. The van der Waals surface area contributed by atoms with Crippen LogP contribution in [0.15, 0.2) is 71.7 Å². The number of carbonyl (C=O) groups is 1. The molecule has 0 aliphatic carbocycles. The Bertz CT molecular complexity index is 1270. The van der Waals surface area contributed by atoms with Gasteiger partial charge in [0.25, 0.3) is 0 Å². The maximum Gasteiger partial charge on any atom is 0.327 e. The summed E-state index contributed by atoms with van der Waals surface area (Å²) in [6.45, 7) is 4.67. The molecule has 3 N–H and O–H groups in total. The fourth-order valence-electron chi connectivity index (χ4n) is 3.85. The maximum atomic E-state index is 13.2. The van der Waals surface area contributed by atoms with Crippen LogP contribution in [0.25, 0.3) is 0 Å². The first kappa shape index (κ1) is 27.1. The van der Waals surface area contributed by atoms with Gasteiger partial charge < -0.3 is 24.8 Å². The minimum Gasteiger partial charge on any atom is -0.497 e. The van der Waals surface area contributed by atoms with E-state index in [1.807, 2.05) is 68.4 Å². The lowest BCUT2D eigenvalue weighted by molar-refractivity contribution is 0.207. The van der Waals surface area contributed by atoms with E-state index in [4.69, 9.17) is 30.8 Å². The third-order valence-electron chi connectivity index (χ3n) is 5.73. The molecule has 0 saturated carbocycles. The average Bonchev–Trinajstić information content (AvgIpc) is 2.91.